The molecule has 0 fully saturated rings. The molecule has 0 saturated carbocycles. The number of hydrogen-bond donors (Lipinski definition) is 1. The van der Waals surface area contributed by atoms with E-state index in [1.165, 1.54) is 0 Å². The van der Waals surface area contributed by atoms with Crippen LogP contribution in [0.2, 0.25) is 5.02 Å². The number of anilines is 1. The molecule has 1 nitrogen and oxygen atoms in total. The molecule has 0 aliphatic rings. The van der Waals surface area contributed by atoms with Gasteiger partial charge in [0.25, 0.3) is 0 Å². The summed E-state index contributed by atoms with van der Waals surface area (Å²) in [6.07, 6.45) is 0. The smallest absolute Gasteiger partial charge is 0.146 e. The highest BCUT2D eigenvalue weighted by Crippen LogP contribution is 2.24. The highest BCUT2D eigenvalue weighted by molar-refractivity contribution is 14.1. The first kappa shape index (κ1) is 14.1. The first-order valence-corrected chi connectivity index (χ1v) is 7.44. The second kappa shape index (κ2) is 6.21. The molecule has 5 heteroatoms. The summed E-state index contributed by atoms with van der Waals surface area (Å²) in [4.78, 5) is 0. The number of benzene rings is 2. The molecule has 94 valence electrons. The Kier molecular flexibility index (Phi) is 4.86. The normalized spacial score (nSPS) is 10.4. The average molecular weight is 440 g/mol. The molecule has 0 aliphatic heterocycles. The first-order valence-electron chi connectivity index (χ1n) is 5.20. The van der Waals surface area contributed by atoms with Gasteiger partial charge in [0.1, 0.15) is 5.82 Å². The summed E-state index contributed by atoms with van der Waals surface area (Å²) in [6.45, 7) is 0.407. The van der Waals surface area contributed by atoms with E-state index in [2.05, 4.69) is 43.8 Å². The Hall–Kier alpha value is -0.330. The van der Waals surface area contributed by atoms with Crippen LogP contribution in [0.4, 0.5) is 10.1 Å². The summed E-state index contributed by atoms with van der Waals surface area (Å²) >= 11 is 11.4. The summed E-state index contributed by atoms with van der Waals surface area (Å²) in [7, 11) is 0. The van der Waals surface area contributed by atoms with E-state index in [4.69, 9.17) is 11.6 Å². The van der Waals surface area contributed by atoms with Crippen molar-refractivity contribution in [2.24, 2.45) is 0 Å². The third-order valence-corrected chi connectivity index (χ3v) is 5.05. The minimum atomic E-state index is -0.363. The number of halogens is 4. The maximum atomic E-state index is 13.7. The van der Waals surface area contributed by atoms with Crippen molar-refractivity contribution in [2.45, 2.75) is 6.54 Å². The van der Waals surface area contributed by atoms with Crippen LogP contribution in [0.5, 0.6) is 0 Å². The Bertz CT molecular complexity index is 577. The summed E-state index contributed by atoms with van der Waals surface area (Å²) in [5.41, 5.74) is 1.50. The number of hydrogen-bond acceptors (Lipinski definition) is 1. The highest BCUT2D eigenvalue weighted by atomic mass is 127. The van der Waals surface area contributed by atoms with Gasteiger partial charge in [-0.05, 0) is 62.8 Å². The Labute approximate surface area is 132 Å². The van der Waals surface area contributed by atoms with Gasteiger partial charge in [-0.3, -0.25) is 0 Å². The third-order valence-electron chi connectivity index (χ3n) is 2.43. The zero-order valence-corrected chi connectivity index (χ0v) is 13.7. The zero-order chi connectivity index (χ0) is 13.1. The second-order valence-corrected chi connectivity index (χ2v) is 6.12. The Morgan fingerprint density at radius 3 is 2.78 bits per heavy atom. The minimum Gasteiger partial charge on any atom is -0.381 e. The topological polar surface area (TPSA) is 12.0 Å². The summed E-state index contributed by atoms with van der Waals surface area (Å²) < 4.78 is 15.8. The maximum Gasteiger partial charge on any atom is 0.146 e. The molecule has 0 aromatic heterocycles. The fraction of sp³-hybridized carbons (Fsp3) is 0.0769. The van der Waals surface area contributed by atoms with E-state index < -0.39 is 0 Å². The van der Waals surface area contributed by atoms with Crippen LogP contribution in [0, 0.1) is 9.39 Å². The molecule has 0 aliphatic carbocycles. The van der Waals surface area contributed by atoms with Gasteiger partial charge in [-0.15, -0.1) is 0 Å². The molecule has 0 heterocycles. The van der Waals surface area contributed by atoms with Gasteiger partial charge >= 0.3 is 0 Å². The Balaban J connectivity index is 2.11. The molecule has 0 atom stereocenters. The standard InChI is InChI=1S/C13H9BrClFIN/c14-10-5-4-9(6-12(10)17)18-7-8-2-1-3-11(15)13(8)16/h1-6,18H,7H2. The van der Waals surface area contributed by atoms with Crippen LogP contribution in [-0.2, 0) is 6.54 Å². The molecular weight excluding hydrogens is 431 g/mol. The van der Waals surface area contributed by atoms with Crippen LogP contribution in [0.25, 0.3) is 0 Å². The molecule has 18 heavy (non-hydrogen) atoms. The zero-order valence-electron chi connectivity index (χ0n) is 9.18. The third kappa shape index (κ3) is 3.36. The van der Waals surface area contributed by atoms with Crippen LogP contribution in [0.15, 0.2) is 40.9 Å². The molecule has 0 unspecified atom stereocenters. The van der Waals surface area contributed by atoms with E-state index in [-0.39, 0.29) is 10.8 Å². The summed E-state index contributed by atoms with van der Waals surface area (Å²) in [5.74, 6) is -0.363. The van der Waals surface area contributed by atoms with E-state index in [0.717, 1.165) is 13.7 Å². The molecule has 2 rings (SSSR count). The van der Waals surface area contributed by atoms with Gasteiger partial charge in [0.15, 0.2) is 0 Å². The van der Waals surface area contributed by atoms with E-state index in [1.807, 2.05) is 18.2 Å². The van der Waals surface area contributed by atoms with Gasteiger partial charge in [-0.25, -0.2) is 4.39 Å². The van der Waals surface area contributed by atoms with Gasteiger partial charge in [-0.2, -0.15) is 0 Å². The maximum absolute atomic E-state index is 13.7. The molecular formula is C13H9BrClFIN. The predicted octanol–water partition coefficient (Wildman–Crippen LogP) is 5.46. The molecule has 0 bridgehead atoms. The van der Waals surface area contributed by atoms with Crippen LogP contribution < -0.4 is 5.32 Å². The molecule has 2 aromatic carbocycles. The molecule has 0 radical (unpaired) electrons. The van der Waals surface area contributed by atoms with Crippen molar-refractivity contribution < 1.29 is 4.39 Å². The Morgan fingerprint density at radius 1 is 1.28 bits per heavy atom. The average Bonchev–Trinajstić information content (AvgIpc) is 2.35. The quantitative estimate of drug-likeness (QED) is 0.625. The number of rotatable bonds is 3. The SMILES string of the molecule is Fc1c(Cl)cccc1CNc1ccc(Br)c(I)c1. The minimum absolute atomic E-state index is 0.152. The fourth-order valence-electron chi connectivity index (χ4n) is 1.49. The van der Waals surface area contributed by atoms with Gasteiger partial charge < -0.3 is 5.32 Å². The molecule has 2 aromatic rings. The van der Waals surface area contributed by atoms with Crippen LogP contribution >= 0.6 is 50.1 Å². The molecule has 1 N–H and O–H groups in total. The van der Waals surface area contributed by atoms with Crippen molar-refractivity contribution in [3.05, 3.63) is 60.8 Å². The van der Waals surface area contributed by atoms with Crippen molar-refractivity contribution in [1.82, 2.24) is 0 Å². The lowest BCUT2D eigenvalue weighted by atomic mass is 10.2. The monoisotopic (exact) mass is 439 g/mol. The largest absolute Gasteiger partial charge is 0.381 e. The predicted molar refractivity (Wildman–Crippen MR) is 85.6 cm³/mol. The molecule has 0 spiro atoms. The van der Waals surface area contributed by atoms with Crippen molar-refractivity contribution in [1.29, 1.82) is 0 Å². The van der Waals surface area contributed by atoms with Crippen LogP contribution in [0.1, 0.15) is 5.56 Å². The number of nitrogens with one attached hydrogen (secondary N) is 1. The summed E-state index contributed by atoms with van der Waals surface area (Å²) in [6, 6.07) is 10.9. The van der Waals surface area contributed by atoms with Gasteiger partial charge in [0.05, 0.1) is 5.02 Å². The van der Waals surface area contributed by atoms with E-state index in [9.17, 15) is 4.39 Å². The Morgan fingerprint density at radius 2 is 2.06 bits per heavy atom. The fourth-order valence-corrected chi connectivity index (χ4v) is 2.44. The molecule has 0 saturated heterocycles. The van der Waals surface area contributed by atoms with E-state index >= 15 is 0 Å². The van der Waals surface area contributed by atoms with Crippen molar-refractivity contribution in [3.8, 4) is 0 Å². The van der Waals surface area contributed by atoms with Gasteiger partial charge in [0.2, 0.25) is 0 Å². The van der Waals surface area contributed by atoms with E-state index in [1.54, 1.807) is 18.2 Å². The van der Waals surface area contributed by atoms with Crippen molar-refractivity contribution in [3.63, 3.8) is 0 Å². The van der Waals surface area contributed by atoms with Gasteiger partial charge in [-0.1, -0.05) is 23.7 Å². The summed E-state index contributed by atoms with van der Waals surface area (Å²) in [5, 5.41) is 3.33. The van der Waals surface area contributed by atoms with Crippen LogP contribution in [-0.4, -0.2) is 0 Å². The second-order valence-electron chi connectivity index (χ2n) is 3.70. The van der Waals surface area contributed by atoms with Gasteiger partial charge in [0, 0.05) is 25.8 Å². The highest BCUT2D eigenvalue weighted by Gasteiger charge is 2.06. The molecule has 0 amide bonds. The van der Waals surface area contributed by atoms with Crippen LogP contribution in [0.3, 0.4) is 0 Å². The lowest BCUT2D eigenvalue weighted by Crippen LogP contribution is -2.02. The lowest BCUT2D eigenvalue weighted by molar-refractivity contribution is 0.613. The van der Waals surface area contributed by atoms with Crippen molar-refractivity contribution >= 4 is 55.8 Å². The lowest BCUT2D eigenvalue weighted by Gasteiger charge is -2.09. The van der Waals surface area contributed by atoms with E-state index in [0.29, 0.717) is 12.1 Å². The van der Waals surface area contributed by atoms with Crippen molar-refractivity contribution in [2.75, 3.05) is 5.32 Å². The first-order chi connectivity index (χ1) is 8.58.